The Hall–Kier alpha value is -4.25. The summed E-state index contributed by atoms with van der Waals surface area (Å²) in [5, 5.41) is 3.15. The molecule has 3 aromatic carbocycles. The lowest BCUT2D eigenvalue weighted by molar-refractivity contribution is 0.102. The molecule has 0 saturated heterocycles. The van der Waals surface area contributed by atoms with Crippen molar-refractivity contribution in [3.63, 3.8) is 0 Å². The molecule has 37 heavy (non-hydrogen) atoms. The zero-order chi connectivity index (χ0) is 25.4. The van der Waals surface area contributed by atoms with Gasteiger partial charge in [-0.25, -0.2) is 0 Å². The molecule has 5 heteroatoms. The largest absolute Gasteiger partial charge is 0.494 e. The van der Waals surface area contributed by atoms with E-state index in [1.807, 2.05) is 49.4 Å². The Morgan fingerprint density at radius 1 is 0.919 bits per heavy atom. The summed E-state index contributed by atoms with van der Waals surface area (Å²) in [7, 11) is 0. The predicted molar refractivity (Wildman–Crippen MR) is 149 cm³/mol. The quantitative estimate of drug-likeness (QED) is 0.271. The number of carbonyl (C=O) groups excluding carboxylic acids is 1. The van der Waals surface area contributed by atoms with Gasteiger partial charge in [0.2, 0.25) is 0 Å². The molecule has 3 heterocycles. The minimum Gasteiger partial charge on any atom is -0.494 e. The second-order valence-electron chi connectivity index (χ2n) is 9.66. The molecule has 0 spiro atoms. The van der Waals surface area contributed by atoms with E-state index in [0.29, 0.717) is 12.3 Å². The molecule has 1 aliphatic heterocycles. The molecule has 186 valence electrons. The van der Waals surface area contributed by atoms with Crippen LogP contribution in [0, 0.1) is 6.92 Å². The summed E-state index contributed by atoms with van der Waals surface area (Å²) in [6.07, 6.45) is 5.26. The van der Waals surface area contributed by atoms with Crippen LogP contribution in [-0.4, -0.2) is 21.5 Å². The number of nitrogens with zero attached hydrogens (tertiary/aromatic N) is 2. The Morgan fingerprint density at radius 3 is 2.38 bits per heavy atom. The van der Waals surface area contributed by atoms with Crippen LogP contribution in [0.5, 0.6) is 5.75 Å². The van der Waals surface area contributed by atoms with Crippen LogP contribution < -0.4 is 10.1 Å². The minimum absolute atomic E-state index is 0.107. The monoisotopic (exact) mass is 489 g/mol. The molecular weight excluding hydrogens is 458 g/mol. The number of ether oxygens (including phenoxy) is 1. The van der Waals surface area contributed by atoms with Crippen LogP contribution >= 0.6 is 0 Å². The highest BCUT2D eigenvalue weighted by atomic mass is 16.5. The highest BCUT2D eigenvalue weighted by Gasteiger charge is 2.29. The highest BCUT2D eigenvalue weighted by molar-refractivity contribution is 6.10. The van der Waals surface area contributed by atoms with Crippen molar-refractivity contribution in [3.8, 4) is 28.1 Å². The molecular formula is C32H31N3O2. The van der Waals surface area contributed by atoms with Crippen LogP contribution in [0.15, 0.2) is 85.1 Å². The first kappa shape index (κ1) is 23.2. The van der Waals surface area contributed by atoms with Crippen molar-refractivity contribution in [1.29, 1.82) is 0 Å². The number of hydrogen-bond acceptors (Lipinski definition) is 2. The maximum Gasteiger partial charge on any atom is 0.273 e. The third kappa shape index (κ3) is 4.20. The van der Waals surface area contributed by atoms with Gasteiger partial charge >= 0.3 is 0 Å². The number of aryl methyl sites for hydroxylation is 3. The van der Waals surface area contributed by atoms with E-state index in [0.717, 1.165) is 59.7 Å². The zero-order valence-corrected chi connectivity index (χ0v) is 21.3. The van der Waals surface area contributed by atoms with Crippen LogP contribution in [0.3, 0.4) is 0 Å². The molecule has 5 nitrogen and oxygen atoms in total. The molecule has 0 atom stereocenters. The molecule has 0 aliphatic carbocycles. The highest BCUT2D eigenvalue weighted by Crippen LogP contribution is 2.40. The molecule has 1 N–H and O–H groups in total. The number of benzene rings is 3. The number of para-hydroxylation sites is 1. The molecule has 6 rings (SSSR count). The summed E-state index contributed by atoms with van der Waals surface area (Å²) in [4.78, 5) is 14.0. The standard InChI is InChI=1S/C32H31N3O2/c1-3-37-26-18-16-24(17-19-26)29-27-11-7-8-20-34-28(23-14-12-22(2)13-15-23)21-35(32(27)34)30(29)31(36)33-25-9-5-4-6-10-25/h4-6,9-10,12-19,21H,3,7-8,11,20H2,1-2H3,(H,33,36). The van der Waals surface area contributed by atoms with E-state index >= 15 is 0 Å². The summed E-state index contributed by atoms with van der Waals surface area (Å²) in [6, 6.07) is 26.5. The maximum absolute atomic E-state index is 14.0. The average molecular weight is 490 g/mol. The first-order valence-electron chi connectivity index (χ1n) is 13.1. The number of imidazole rings is 1. The van der Waals surface area contributed by atoms with E-state index in [9.17, 15) is 4.79 Å². The number of aromatic nitrogens is 2. The Bertz CT molecular complexity index is 1560. The Kier molecular flexibility index (Phi) is 6.05. The predicted octanol–water partition coefficient (Wildman–Crippen LogP) is 7.37. The number of carbonyl (C=O) groups is 1. The lowest BCUT2D eigenvalue weighted by Gasteiger charge is -2.11. The van der Waals surface area contributed by atoms with Gasteiger partial charge in [-0.3, -0.25) is 9.20 Å². The van der Waals surface area contributed by atoms with Gasteiger partial charge in [0.15, 0.2) is 0 Å². The smallest absolute Gasteiger partial charge is 0.273 e. The molecule has 0 bridgehead atoms. The van der Waals surface area contributed by atoms with E-state index in [2.05, 4.69) is 63.8 Å². The summed E-state index contributed by atoms with van der Waals surface area (Å²) >= 11 is 0. The van der Waals surface area contributed by atoms with E-state index in [-0.39, 0.29) is 5.91 Å². The number of anilines is 1. The molecule has 2 aromatic heterocycles. The van der Waals surface area contributed by atoms with Gasteiger partial charge in [-0.2, -0.15) is 0 Å². The van der Waals surface area contributed by atoms with E-state index < -0.39 is 0 Å². The summed E-state index contributed by atoms with van der Waals surface area (Å²) in [5.41, 5.74) is 9.40. The van der Waals surface area contributed by atoms with Gasteiger partial charge in [0.05, 0.1) is 12.3 Å². The van der Waals surface area contributed by atoms with Crippen molar-refractivity contribution in [2.24, 2.45) is 0 Å². The second kappa shape index (κ2) is 9.66. The van der Waals surface area contributed by atoms with Crippen LogP contribution in [0.1, 0.15) is 41.4 Å². The fraction of sp³-hybridized carbons (Fsp3) is 0.219. The Morgan fingerprint density at radius 2 is 1.65 bits per heavy atom. The molecule has 0 unspecified atom stereocenters. The third-order valence-electron chi connectivity index (χ3n) is 7.18. The molecule has 5 aromatic rings. The zero-order valence-electron chi connectivity index (χ0n) is 21.3. The van der Waals surface area contributed by atoms with Crippen molar-refractivity contribution in [3.05, 3.63) is 102 Å². The van der Waals surface area contributed by atoms with Crippen molar-refractivity contribution < 1.29 is 9.53 Å². The fourth-order valence-electron chi connectivity index (χ4n) is 5.47. The second-order valence-corrected chi connectivity index (χ2v) is 9.66. The first-order chi connectivity index (χ1) is 18.1. The van der Waals surface area contributed by atoms with Crippen molar-refractivity contribution >= 4 is 17.2 Å². The molecule has 1 aliphatic rings. The summed E-state index contributed by atoms with van der Waals surface area (Å²) in [6.45, 7) is 5.64. The van der Waals surface area contributed by atoms with Crippen molar-refractivity contribution in [1.82, 2.24) is 8.97 Å². The van der Waals surface area contributed by atoms with Crippen molar-refractivity contribution in [2.45, 2.75) is 39.7 Å². The van der Waals surface area contributed by atoms with Gasteiger partial charge in [-0.05, 0) is 68.5 Å². The molecule has 0 fully saturated rings. The van der Waals surface area contributed by atoms with Gasteiger partial charge in [-0.15, -0.1) is 0 Å². The Balaban J connectivity index is 1.58. The molecule has 0 saturated carbocycles. The SMILES string of the molecule is CCOc1ccc(-c2c3c4n(c(-c5ccc(C)cc5)cn4c2C(=O)Nc2ccccc2)CCCC3)cc1. The van der Waals surface area contributed by atoms with Crippen LogP contribution in [-0.2, 0) is 13.0 Å². The molecule has 1 amide bonds. The topological polar surface area (TPSA) is 47.7 Å². The van der Waals surface area contributed by atoms with Gasteiger partial charge in [0.1, 0.15) is 17.1 Å². The van der Waals surface area contributed by atoms with Crippen molar-refractivity contribution in [2.75, 3.05) is 11.9 Å². The van der Waals surface area contributed by atoms with E-state index in [1.165, 1.54) is 16.7 Å². The number of rotatable bonds is 6. The lowest BCUT2D eigenvalue weighted by Crippen LogP contribution is -2.15. The minimum atomic E-state index is -0.107. The lowest BCUT2D eigenvalue weighted by atomic mass is 9.97. The van der Waals surface area contributed by atoms with Crippen LogP contribution in [0.25, 0.3) is 28.0 Å². The van der Waals surface area contributed by atoms with Gasteiger partial charge < -0.3 is 14.6 Å². The van der Waals surface area contributed by atoms with Crippen LogP contribution in [0.2, 0.25) is 0 Å². The third-order valence-corrected chi connectivity index (χ3v) is 7.18. The maximum atomic E-state index is 14.0. The van der Waals surface area contributed by atoms with E-state index in [1.54, 1.807) is 0 Å². The van der Waals surface area contributed by atoms with Gasteiger partial charge in [-0.1, -0.05) is 60.2 Å². The fourth-order valence-corrected chi connectivity index (χ4v) is 5.47. The van der Waals surface area contributed by atoms with Crippen LogP contribution in [0.4, 0.5) is 5.69 Å². The average Bonchev–Trinajstić information content (AvgIpc) is 3.33. The van der Waals surface area contributed by atoms with Gasteiger partial charge in [0.25, 0.3) is 5.91 Å². The molecule has 0 radical (unpaired) electrons. The number of hydrogen-bond donors (Lipinski definition) is 1. The summed E-state index contributed by atoms with van der Waals surface area (Å²) in [5.74, 6) is 0.729. The summed E-state index contributed by atoms with van der Waals surface area (Å²) < 4.78 is 10.2. The first-order valence-corrected chi connectivity index (χ1v) is 13.1. The number of nitrogens with one attached hydrogen (secondary N) is 1. The number of amides is 1. The Labute approximate surface area is 217 Å². The van der Waals surface area contributed by atoms with E-state index in [4.69, 9.17) is 4.74 Å². The van der Waals surface area contributed by atoms with Gasteiger partial charge in [0, 0.05) is 29.6 Å². The normalized spacial score (nSPS) is 12.9.